The molecule has 4 rings (SSSR count). The molecule has 3 aromatic heterocycles. The van der Waals surface area contributed by atoms with Gasteiger partial charge in [-0.15, -0.1) is 0 Å². The van der Waals surface area contributed by atoms with Crippen LogP contribution in [0.5, 0.6) is 0 Å². The number of halogens is 1. The van der Waals surface area contributed by atoms with Crippen molar-refractivity contribution in [3.8, 4) is 5.82 Å². The normalized spacial score (nSPS) is 11.0. The van der Waals surface area contributed by atoms with Gasteiger partial charge in [0, 0.05) is 34.4 Å². The molecule has 0 aliphatic heterocycles. The molecule has 0 aliphatic carbocycles. The summed E-state index contributed by atoms with van der Waals surface area (Å²) in [5.74, 6) is 0.821. The standard InChI is InChI=1S/C21H19ClN6O/c1-12-7-19(23)27-13(2)17(12)11-25-21(29)14-5-6-24-20(9-14)28-18-4-3-16(22)8-15(18)10-26-28/h3-10H,11H2,1-2H3,(H2,23,27)(H,25,29). The Morgan fingerprint density at radius 1 is 1.21 bits per heavy atom. The first-order chi connectivity index (χ1) is 13.9. The number of nitrogens with zero attached hydrogens (tertiary/aromatic N) is 4. The number of amides is 1. The molecule has 1 aromatic carbocycles. The van der Waals surface area contributed by atoms with Gasteiger partial charge in [0.2, 0.25) is 0 Å². The van der Waals surface area contributed by atoms with Crippen LogP contribution in [0.1, 0.15) is 27.2 Å². The van der Waals surface area contributed by atoms with E-state index in [-0.39, 0.29) is 5.91 Å². The maximum atomic E-state index is 12.7. The van der Waals surface area contributed by atoms with Gasteiger partial charge in [0.05, 0.1) is 11.7 Å². The van der Waals surface area contributed by atoms with Gasteiger partial charge in [-0.25, -0.2) is 14.6 Å². The van der Waals surface area contributed by atoms with Crippen LogP contribution in [0.25, 0.3) is 16.7 Å². The van der Waals surface area contributed by atoms with Gasteiger partial charge in [0.15, 0.2) is 5.82 Å². The number of carbonyl (C=O) groups is 1. The molecule has 0 saturated carbocycles. The minimum absolute atomic E-state index is 0.205. The first-order valence-corrected chi connectivity index (χ1v) is 9.40. The number of fused-ring (bicyclic) bond motifs is 1. The van der Waals surface area contributed by atoms with Crippen molar-refractivity contribution in [3.63, 3.8) is 0 Å². The highest BCUT2D eigenvalue weighted by molar-refractivity contribution is 6.31. The number of aromatic nitrogens is 4. The molecule has 29 heavy (non-hydrogen) atoms. The van der Waals surface area contributed by atoms with E-state index < -0.39 is 0 Å². The fraction of sp³-hybridized carbons (Fsp3) is 0.143. The number of rotatable bonds is 4. The van der Waals surface area contributed by atoms with Crippen LogP contribution in [-0.4, -0.2) is 25.7 Å². The number of nitrogens with two attached hydrogens (primary N) is 1. The summed E-state index contributed by atoms with van der Waals surface area (Å²) in [6.45, 7) is 4.20. The van der Waals surface area contributed by atoms with Crippen LogP contribution in [0.15, 0.2) is 48.8 Å². The number of anilines is 1. The Balaban J connectivity index is 1.58. The quantitative estimate of drug-likeness (QED) is 0.539. The van der Waals surface area contributed by atoms with Crippen LogP contribution in [0.4, 0.5) is 5.82 Å². The largest absolute Gasteiger partial charge is 0.384 e. The van der Waals surface area contributed by atoms with Gasteiger partial charge in [0.1, 0.15) is 5.82 Å². The molecule has 0 bridgehead atoms. The predicted molar refractivity (Wildman–Crippen MR) is 113 cm³/mol. The third-order valence-corrected chi connectivity index (χ3v) is 4.99. The van der Waals surface area contributed by atoms with Crippen molar-refractivity contribution in [2.24, 2.45) is 0 Å². The molecular weight excluding hydrogens is 388 g/mol. The van der Waals surface area contributed by atoms with E-state index >= 15 is 0 Å². The van der Waals surface area contributed by atoms with Crippen molar-refractivity contribution in [3.05, 3.63) is 76.2 Å². The Bertz CT molecular complexity index is 1210. The van der Waals surface area contributed by atoms with Crippen molar-refractivity contribution in [2.45, 2.75) is 20.4 Å². The van der Waals surface area contributed by atoms with Gasteiger partial charge >= 0.3 is 0 Å². The Morgan fingerprint density at radius 3 is 2.83 bits per heavy atom. The Hall–Kier alpha value is -3.45. The van der Waals surface area contributed by atoms with Crippen molar-refractivity contribution in [1.29, 1.82) is 0 Å². The van der Waals surface area contributed by atoms with E-state index in [1.165, 1.54) is 0 Å². The third kappa shape index (κ3) is 3.77. The van der Waals surface area contributed by atoms with Crippen LogP contribution in [0.2, 0.25) is 5.02 Å². The van der Waals surface area contributed by atoms with E-state index in [1.54, 1.807) is 41.3 Å². The lowest BCUT2D eigenvalue weighted by atomic mass is 10.1. The van der Waals surface area contributed by atoms with E-state index in [2.05, 4.69) is 20.4 Å². The lowest BCUT2D eigenvalue weighted by molar-refractivity contribution is 0.0950. The third-order valence-electron chi connectivity index (χ3n) is 4.75. The van der Waals surface area contributed by atoms with Crippen molar-refractivity contribution < 1.29 is 4.79 Å². The fourth-order valence-electron chi connectivity index (χ4n) is 3.29. The number of aryl methyl sites for hydroxylation is 2. The van der Waals surface area contributed by atoms with Gasteiger partial charge in [0.25, 0.3) is 5.91 Å². The van der Waals surface area contributed by atoms with Crippen LogP contribution < -0.4 is 11.1 Å². The van der Waals surface area contributed by atoms with E-state index in [1.807, 2.05) is 26.0 Å². The second-order valence-electron chi connectivity index (χ2n) is 6.77. The lowest BCUT2D eigenvalue weighted by Gasteiger charge is -2.12. The number of nitrogens with one attached hydrogen (secondary N) is 1. The molecule has 4 aromatic rings. The molecular formula is C21H19ClN6O. The predicted octanol–water partition coefficient (Wildman–Crippen LogP) is 3.60. The molecule has 7 nitrogen and oxygen atoms in total. The fourth-order valence-corrected chi connectivity index (χ4v) is 3.47. The molecule has 8 heteroatoms. The molecule has 0 aliphatic rings. The average molecular weight is 407 g/mol. The summed E-state index contributed by atoms with van der Waals surface area (Å²) in [5.41, 5.74) is 9.87. The van der Waals surface area contributed by atoms with Gasteiger partial charge < -0.3 is 11.1 Å². The molecule has 3 N–H and O–H groups in total. The number of hydrogen-bond donors (Lipinski definition) is 2. The average Bonchev–Trinajstić information content (AvgIpc) is 3.10. The van der Waals surface area contributed by atoms with Gasteiger partial charge in [-0.3, -0.25) is 4.79 Å². The van der Waals surface area contributed by atoms with Gasteiger partial charge in [-0.2, -0.15) is 5.10 Å². The maximum absolute atomic E-state index is 12.7. The Kier molecular flexibility index (Phi) is 4.90. The summed E-state index contributed by atoms with van der Waals surface area (Å²) in [6, 6.07) is 10.7. The minimum atomic E-state index is -0.205. The summed E-state index contributed by atoms with van der Waals surface area (Å²) in [6.07, 6.45) is 3.31. The maximum Gasteiger partial charge on any atom is 0.251 e. The van der Waals surface area contributed by atoms with Crippen molar-refractivity contribution in [1.82, 2.24) is 25.1 Å². The summed E-state index contributed by atoms with van der Waals surface area (Å²) >= 11 is 6.04. The number of benzene rings is 1. The molecule has 0 atom stereocenters. The number of pyridine rings is 2. The summed E-state index contributed by atoms with van der Waals surface area (Å²) in [4.78, 5) is 21.3. The van der Waals surface area contributed by atoms with Gasteiger partial charge in [-0.1, -0.05) is 11.6 Å². The molecule has 0 saturated heterocycles. The second-order valence-corrected chi connectivity index (χ2v) is 7.21. The lowest BCUT2D eigenvalue weighted by Crippen LogP contribution is -2.24. The first kappa shape index (κ1) is 18.9. The van der Waals surface area contributed by atoms with E-state index in [0.29, 0.717) is 28.8 Å². The van der Waals surface area contributed by atoms with Crippen LogP contribution >= 0.6 is 11.6 Å². The molecule has 0 unspecified atom stereocenters. The SMILES string of the molecule is Cc1cc(N)nc(C)c1CNC(=O)c1ccnc(-n2ncc3cc(Cl)ccc32)c1. The van der Waals surface area contributed by atoms with E-state index in [4.69, 9.17) is 17.3 Å². The zero-order valence-electron chi connectivity index (χ0n) is 16.0. The van der Waals surface area contributed by atoms with E-state index in [0.717, 1.165) is 27.7 Å². The van der Waals surface area contributed by atoms with Gasteiger partial charge in [-0.05, 0) is 61.4 Å². The summed E-state index contributed by atoms with van der Waals surface area (Å²) < 4.78 is 1.68. The minimum Gasteiger partial charge on any atom is -0.384 e. The molecule has 0 fully saturated rings. The number of nitrogen functional groups attached to an aromatic ring is 1. The molecule has 146 valence electrons. The zero-order valence-corrected chi connectivity index (χ0v) is 16.7. The van der Waals surface area contributed by atoms with Crippen LogP contribution in [-0.2, 0) is 6.54 Å². The highest BCUT2D eigenvalue weighted by Crippen LogP contribution is 2.21. The van der Waals surface area contributed by atoms with E-state index in [9.17, 15) is 4.79 Å². The van der Waals surface area contributed by atoms with Crippen LogP contribution in [0, 0.1) is 13.8 Å². The topological polar surface area (TPSA) is 98.7 Å². The highest BCUT2D eigenvalue weighted by Gasteiger charge is 2.12. The van der Waals surface area contributed by atoms with Crippen molar-refractivity contribution in [2.75, 3.05) is 5.73 Å². The molecule has 0 spiro atoms. The molecule has 0 radical (unpaired) electrons. The van der Waals surface area contributed by atoms with Crippen molar-refractivity contribution >= 4 is 34.2 Å². The summed E-state index contributed by atoms with van der Waals surface area (Å²) in [5, 5.41) is 8.85. The molecule has 1 amide bonds. The molecule has 3 heterocycles. The number of carbonyl (C=O) groups excluding carboxylic acids is 1. The highest BCUT2D eigenvalue weighted by atomic mass is 35.5. The Labute approximate surface area is 172 Å². The monoisotopic (exact) mass is 406 g/mol. The zero-order chi connectivity index (χ0) is 20.5. The van der Waals surface area contributed by atoms with Crippen LogP contribution in [0.3, 0.4) is 0 Å². The first-order valence-electron chi connectivity index (χ1n) is 9.03. The number of hydrogen-bond acceptors (Lipinski definition) is 5. The second kappa shape index (κ2) is 7.52. The smallest absolute Gasteiger partial charge is 0.251 e. The Morgan fingerprint density at radius 2 is 2.03 bits per heavy atom. The summed E-state index contributed by atoms with van der Waals surface area (Å²) in [7, 11) is 0.